The van der Waals surface area contributed by atoms with E-state index in [0.717, 1.165) is 5.56 Å². The fraction of sp³-hybridized carbons (Fsp3) is 0.0714. The average molecular weight is 480 g/mol. The van der Waals surface area contributed by atoms with Gasteiger partial charge >= 0.3 is 0 Å². The molecule has 172 valence electrons. The van der Waals surface area contributed by atoms with Gasteiger partial charge < -0.3 is 0 Å². The molecule has 0 aliphatic carbocycles. The van der Waals surface area contributed by atoms with Crippen LogP contribution in [-0.2, 0) is 9.59 Å². The van der Waals surface area contributed by atoms with Gasteiger partial charge in [-0.05, 0) is 48.9 Å². The lowest BCUT2D eigenvalue weighted by atomic mass is 9.92. The molecule has 3 amide bonds. The van der Waals surface area contributed by atoms with Crippen molar-refractivity contribution in [3.63, 3.8) is 0 Å². The van der Waals surface area contributed by atoms with Gasteiger partial charge in [0.1, 0.15) is 0 Å². The van der Waals surface area contributed by atoms with Crippen LogP contribution in [0.1, 0.15) is 34.1 Å². The van der Waals surface area contributed by atoms with Crippen LogP contribution in [-0.4, -0.2) is 22.7 Å². The highest BCUT2D eigenvalue weighted by molar-refractivity contribution is 7.14. The summed E-state index contributed by atoms with van der Waals surface area (Å²) < 4.78 is 0. The maximum absolute atomic E-state index is 13.6. The average Bonchev–Trinajstić information content (AvgIpc) is 3.30. The molecule has 7 heteroatoms. The highest BCUT2D eigenvalue weighted by Gasteiger charge is 2.36. The second kappa shape index (κ2) is 9.12. The molecule has 0 unspecified atom stereocenters. The SMILES string of the molecule is CC(=O)N(c1ccccc1)c1nc(/C=C2/C(=O)N(c3cccc(C)c3)C(=O)c3ccccc32)cs1. The zero-order chi connectivity index (χ0) is 24.5. The van der Waals surface area contributed by atoms with Crippen molar-refractivity contribution in [2.24, 2.45) is 0 Å². The first-order valence-corrected chi connectivity index (χ1v) is 11.9. The molecular weight excluding hydrogens is 458 g/mol. The molecule has 1 aromatic heterocycles. The van der Waals surface area contributed by atoms with Gasteiger partial charge in [0.05, 0.1) is 22.6 Å². The molecule has 0 bridgehead atoms. The largest absolute Gasteiger partial charge is 0.274 e. The predicted octanol–water partition coefficient (Wildman–Crippen LogP) is 5.86. The van der Waals surface area contributed by atoms with E-state index < -0.39 is 5.91 Å². The Labute approximate surface area is 206 Å². The van der Waals surface area contributed by atoms with Gasteiger partial charge in [-0.1, -0.05) is 48.5 Å². The quantitative estimate of drug-likeness (QED) is 0.271. The number of para-hydroxylation sites is 1. The minimum absolute atomic E-state index is 0.167. The topological polar surface area (TPSA) is 70.6 Å². The molecule has 3 aromatic carbocycles. The molecule has 2 heterocycles. The van der Waals surface area contributed by atoms with Crippen LogP contribution in [0.15, 0.2) is 84.2 Å². The molecule has 1 aliphatic heterocycles. The van der Waals surface area contributed by atoms with E-state index in [2.05, 4.69) is 4.98 Å². The Morgan fingerprint density at radius 2 is 1.63 bits per heavy atom. The van der Waals surface area contributed by atoms with Gasteiger partial charge in [-0.15, -0.1) is 11.3 Å². The van der Waals surface area contributed by atoms with E-state index in [9.17, 15) is 14.4 Å². The number of imide groups is 1. The second-order valence-corrected chi connectivity index (χ2v) is 8.97. The maximum Gasteiger partial charge on any atom is 0.266 e. The lowest BCUT2D eigenvalue weighted by molar-refractivity contribution is -0.116. The number of carbonyl (C=O) groups is 3. The summed E-state index contributed by atoms with van der Waals surface area (Å²) in [6, 6.07) is 23.6. The lowest BCUT2D eigenvalue weighted by Crippen LogP contribution is -2.41. The number of rotatable bonds is 4. The van der Waals surface area contributed by atoms with Crippen LogP contribution >= 0.6 is 11.3 Å². The molecule has 5 rings (SSSR count). The van der Waals surface area contributed by atoms with Crippen LogP contribution in [0, 0.1) is 6.92 Å². The smallest absolute Gasteiger partial charge is 0.266 e. The molecule has 4 aromatic rings. The molecule has 0 saturated carbocycles. The summed E-state index contributed by atoms with van der Waals surface area (Å²) in [4.78, 5) is 46.7. The number of benzene rings is 3. The van der Waals surface area contributed by atoms with Crippen molar-refractivity contribution in [3.8, 4) is 0 Å². The maximum atomic E-state index is 13.6. The standard InChI is InChI=1S/C28H21N3O3S/c1-18-9-8-12-22(15-18)31-26(33)24-14-7-6-13-23(24)25(27(31)34)16-20-17-35-28(29-20)30(19(2)32)21-10-4-3-5-11-21/h3-17H,1-2H3/b25-16+. The van der Waals surface area contributed by atoms with Crippen molar-refractivity contribution >= 4 is 57.2 Å². The number of aromatic nitrogens is 1. The van der Waals surface area contributed by atoms with Gasteiger partial charge in [-0.2, -0.15) is 0 Å². The van der Waals surface area contributed by atoms with Gasteiger partial charge in [-0.25, -0.2) is 9.88 Å². The number of aryl methyl sites for hydroxylation is 1. The van der Waals surface area contributed by atoms with Gasteiger partial charge in [0.25, 0.3) is 11.8 Å². The monoisotopic (exact) mass is 479 g/mol. The van der Waals surface area contributed by atoms with Gasteiger partial charge in [0.15, 0.2) is 5.13 Å². The summed E-state index contributed by atoms with van der Waals surface area (Å²) >= 11 is 1.31. The van der Waals surface area contributed by atoms with Crippen molar-refractivity contribution in [1.82, 2.24) is 4.98 Å². The lowest BCUT2D eigenvalue weighted by Gasteiger charge is -2.28. The molecule has 0 saturated heterocycles. The van der Waals surface area contributed by atoms with Crippen LogP contribution in [0.4, 0.5) is 16.5 Å². The van der Waals surface area contributed by atoms with Crippen molar-refractivity contribution < 1.29 is 14.4 Å². The number of hydrogen-bond acceptors (Lipinski definition) is 5. The molecule has 6 nitrogen and oxygen atoms in total. The number of amides is 3. The fourth-order valence-corrected chi connectivity index (χ4v) is 4.94. The number of carbonyl (C=O) groups excluding carboxylic acids is 3. The van der Waals surface area contributed by atoms with E-state index in [1.165, 1.54) is 28.1 Å². The van der Waals surface area contributed by atoms with Crippen LogP contribution in [0.3, 0.4) is 0 Å². The van der Waals surface area contributed by atoms with Gasteiger partial charge in [-0.3, -0.25) is 19.3 Å². The first kappa shape index (κ1) is 22.4. The second-order valence-electron chi connectivity index (χ2n) is 8.13. The Bertz CT molecular complexity index is 1490. The van der Waals surface area contributed by atoms with Crippen molar-refractivity contribution in [1.29, 1.82) is 0 Å². The minimum atomic E-state index is -0.416. The zero-order valence-corrected chi connectivity index (χ0v) is 20.0. The van der Waals surface area contributed by atoms with Crippen molar-refractivity contribution in [3.05, 3.63) is 107 Å². The molecule has 0 N–H and O–H groups in total. The van der Waals surface area contributed by atoms with Crippen molar-refractivity contribution in [2.45, 2.75) is 13.8 Å². The highest BCUT2D eigenvalue weighted by Crippen LogP contribution is 2.35. The number of nitrogens with zero attached hydrogens (tertiary/aromatic N) is 3. The number of fused-ring (bicyclic) bond motifs is 1. The summed E-state index contributed by atoms with van der Waals surface area (Å²) in [5.74, 6) is -0.945. The Kier molecular flexibility index (Phi) is 5.84. The molecule has 0 radical (unpaired) electrons. The molecule has 0 spiro atoms. The summed E-state index contributed by atoms with van der Waals surface area (Å²) in [6.45, 7) is 3.40. The van der Waals surface area contributed by atoms with E-state index in [-0.39, 0.29) is 11.8 Å². The first-order chi connectivity index (χ1) is 16.9. The number of thiazole rings is 1. The Morgan fingerprint density at radius 3 is 2.34 bits per heavy atom. The third-order valence-electron chi connectivity index (χ3n) is 5.67. The van der Waals surface area contributed by atoms with E-state index in [0.29, 0.717) is 38.9 Å². The predicted molar refractivity (Wildman–Crippen MR) is 139 cm³/mol. The Hall–Kier alpha value is -4.36. The zero-order valence-electron chi connectivity index (χ0n) is 19.1. The molecule has 0 fully saturated rings. The first-order valence-electron chi connectivity index (χ1n) is 11.0. The van der Waals surface area contributed by atoms with E-state index in [1.54, 1.807) is 41.8 Å². The van der Waals surface area contributed by atoms with E-state index in [1.807, 2.05) is 55.5 Å². The summed E-state index contributed by atoms with van der Waals surface area (Å²) in [7, 11) is 0. The normalized spacial score (nSPS) is 14.2. The summed E-state index contributed by atoms with van der Waals surface area (Å²) in [5, 5.41) is 2.29. The van der Waals surface area contributed by atoms with Gasteiger partial charge in [0, 0.05) is 23.4 Å². The third kappa shape index (κ3) is 4.18. The van der Waals surface area contributed by atoms with Gasteiger partial charge in [0.2, 0.25) is 5.91 Å². The third-order valence-corrected chi connectivity index (χ3v) is 6.51. The number of anilines is 3. The van der Waals surface area contributed by atoms with Crippen LogP contribution in [0.5, 0.6) is 0 Å². The Balaban J connectivity index is 1.59. The molecule has 0 atom stereocenters. The van der Waals surface area contributed by atoms with E-state index >= 15 is 0 Å². The molecule has 1 aliphatic rings. The Morgan fingerprint density at radius 1 is 0.914 bits per heavy atom. The van der Waals surface area contributed by atoms with Crippen molar-refractivity contribution in [2.75, 3.05) is 9.80 Å². The highest BCUT2D eigenvalue weighted by atomic mass is 32.1. The molecule has 35 heavy (non-hydrogen) atoms. The fourth-order valence-electron chi connectivity index (χ4n) is 4.09. The minimum Gasteiger partial charge on any atom is -0.274 e. The van der Waals surface area contributed by atoms with Crippen LogP contribution < -0.4 is 9.80 Å². The summed E-state index contributed by atoms with van der Waals surface area (Å²) in [6.07, 6.45) is 1.68. The van der Waals surface area contributed by atoms with E-state index in [4.69, 9.17) is 0 Å². The van der Waals surface area contributed by atoms with Crippen LogP contribution in [0.25, 0.3) is 11.6 Å². The molecular formula is C28H21N3O3S. The number of hydrogen-bond donors (Lipinski definition) is 0. The van der Waals surface area contributed by atoms with Crippen LogP contribution in [0.2, 0.25) is 0 Å². The summed E-state index contributed by atoms with van der Waals surface area (Å²) in [5.41, 5.74) is 4.09.